The fourth-order valence-electron chi connectivity index (χ4n) is 1.63. The molecule has 1 aliphatic rings. The second-order valence-corrected chi connectivity index (χ2v) is 3.68. The monoisotopic (exact) mass is 204 g/mol. The molecule has 0 saturated heterocycles. The molecule has 4 nitrogen and oxygen atoms in total. The second kappa shape index (κ2) is 3.73. The van der Waals surface area contributed by atoms with E-state index < -0.39 is 0 Å². The third kappa shape index (κ3) is 1.98. The zero-order valence-electron chi connectivity index (χ0n) is 8.40. The van der Waals surface area contributed by atoms with Gasteiger partial charge in [0.25, 0.3) is 0 Å². The molecule has 2 rings (SSSR count). The summed E-state index contributed by atoms with van der Waals surface area (Å²) < 4.78 is 0. The number of hydrazone groups is 1. The maximum absolute atomic E-state index is 11.0. The lowest BCUT2D eigenvalue weighted by molar-refractivity contribution is -0.121. The Bertz CT molecular complexity index is 409. The lowest BCUT2D eigenvalue weighted by atomic mass is 9.94. The zero-order valence-corrected chi connectivity index (χ0v) is 8.40. The fourth-order valence-corrected chi connectivity index (χ4v) is 1.63. The van der Waals surface area contributed by atoms with Crippen molar-refractivity contribution in [3.8, 4) is 5.75 Å². The van der Waals surface area contributed by atoms with Gasteiger partial charge < -0.3 is 5.11 Å². The molecular formula is C11H12N2O2. The second-order valence-electron chi connectivity index (χ2n) is 3.68. The summed E-state index contributed by atoms with van der Waals surface area (Å²) >= 11 is 0. The molecule has 0 fully saturated rings. The van der Waals surface area contributed by atoms with E-state index in [1.807, 2.05) is 6.92 Å². The highest BCUT2D eigenvalue weighted by molar-refractivity contribution is 6.05. The van der Waals surface area contributed by atoms with Crippen LogP contribution in [-0.2, 0) is 4.79 Å². The van der Waals surface area contributed by atoms with Gasteiger partial charge in [-0.15, -0.1) is 0 Å². The van der Waals surface area contributed by atoms with Gasteiger partial charge in [-0.3, -0.25) is 4.79 Å². The van der Waals surface area contributed by atoms with Crippen LogP contribution in [0, 0.1) is 5.92 Å². The van der Waals surface area contributed by atoms with Gasteiger partial charge >= 0.3 is 0 Å². The Morgan fingerprint density at radius 2 is 2.07 bits per heavy atom. The molecule has 0 aliphatic carbocycles. The molecule has 0 unspecified atom stereocenters. The van der Waals surface area contributed by atoms with Crippen LogP contribution in [0.4, 0.5) is 0 Å². The summed E-state index contributed by atoms with van der Waals surface area (Å²) in [6, 6.07) is 6.81. The van der Waals surface area contributed by atoms with Crippen LogP contribution in [0.5, 0.6) is 5.75 Å². The summed E-state index contributed by atoms with van der Waals surface area (Å²) in [5, 5.41) is 13.2. The van der Waals surface area contributed by atoms with Crippen LogP contribution in [-0.4, -0.2) is 16.7 Å². The Balaban J connectivity index is 2.31. The first-order chi connectivity index (χ1) is 7.16. The lowest BCUT2D eigenvalue weighted by Crippen LogP contribution is -2.31. The van der Waals surface area contributed by atoms with Gasteiger partial charge in [-0.25, -0.2) is 5.43 Å². The molecule has 1 heterocycles. The Labute approximate surface area is 87.6 Å². The van der Waals surface area contributed by atoms with Crippen molar-refractivity contribution in [3.05, 3.63) is 29.8 Å². The maximum Gasteiger partial charge on any atom is 0.240 e. The third-order valence-electron chi connectivity index (χ3n) is 2.42. The van der Waals surface area contributed by atoms with E-state index >= 15 is 0 Å². The largest absolute Gasteiger partial charge is 0.508 e. The van der Waals surface area contributed by atoms with Gasteiger partial charge in [-0.1, -0.05) is 6.92 Å². The fraction of sp³-hybridized carbons (Fsp3) is 0.273. The van der Waals surface area contributed by atoms with Crippen molar-refractivity contribution in [3.63, 3.8) is 0 Å². The average molecular weight is 204 g/mol. The van der Waals surface area contributed by atoms with Crippen LogP contribution in [0.1, 0.15) is 18.9 Å². The minimum atomic E-state index is -0.0509. The number of phenolic OH excluding ortho intramolecular Hbond substituents is 1. The minimum absolute atomic E-state index is 0.0509. The summed E-state index contributed by atoms with van der Waals surface area (Å²) in [6.07, 6.45) is 0.458. The number of carbonyl (C=O) groups excluding carboxylic acids is 1. The van der Waals surface area contributed by atoms with Crippen molar-refractivity contribution in [1.29, 1.82) is 0 Å². The normalized spacial score (nSPS) is 20.7. The van der Waals surface area contributed by atoms with Gasteiger partial charge in [0.2, 0.25) is 5.91 Å². The summed E-state index contributed by atoms with van der Waals surface area (Å²) in [7, 11) is 0. The number of phenols is 1. The molecule has 4 heteroatoms. The smallest absolute Gasteiger partial charge is 0.240 e. The number of rotatable bonds is 1. The first kappa shape index (κ1) is 9.71. The van der Waals surface area contributed by atoms with E-state index in [0.717, 1.165) is 11.3 Å². The Morgan fingerprint density at radius 1 is 1.40 bits per heavy atom. The van der Waals surface area contributed by atoms with Crippen LogP contribution < -0.4 is 5.43 Å². The molecule has 15 heavy (non-hydrogen) atoms. The van der Waals surface area contributed by atoms with Gasteiger partial charge in [0.05, 0.1) is 5.71 Å². The van der Waals surface area contributed by atoms with Crippen LogP contribution >= 0.6 is 0 Å². The van der Waals surface area contributed by atoms with Crippen molar-refractivity contribution >= 4 is 11.6 Å². The van der Waals surface area contributed by atoms with Crippen LogP contribution in [0.15, 0.2) is 29.4 Å². The van der Waals surface area contributed by atoms with Gasteiger partial charge in [0.1, 0.15) is 5.75 Å². The number of nitrogens with zero attached hydrogens (tertiary/aromatic N) is 1. The number of aromatic hydroxyl groups is 1. The van der Waals surface area contributed by atoms with Crippen LogP contribution in [0.2, 0.25) is 0 Å². The standard InChI is InChI=1S/C11H12N2O2/c1-7-6-10(15)12-13-11(7)8-2-4-9(14)5-3-8/h2-5,7,14H,6H2,1H3,(H,12,15)/t7-/m0/s1. The molecule has 0 bridgehead atoms. The predicted molar refractivity (Wildman–Crippen MR) is 56.6 cm³/mol. The van der Waals surface area contributed by atoms with Crippen molar-refractivity contribution in [2.75, 3.05) is 0 Å². The SMILES string of the molecule is C[C@H]1CC(=O)NN=C1c1ccc(O)cc1. The van der Waals surface area contributed by atoms with Crippen LogP contribution in [0.25, 0.3) is 0 Å². The molecule has 0 aromatic heterocycles. The van der Waals surface area contributed by atoms with Gasteiger partial charge in [0, 0.05) is 12.3 Å². The molecule has 0 radical (unpaired) electrons. The molecule has 0 saturated carbocycles. The first-order valence-corrected chi connectivity index (χ1v) is 4.82. The molecule has 1 atom stereocenters. The summed E-state index contributed by atoms with van der Waals surface area (Å²) in [6.45, 7) is 1.96. The molecule has 78 valence electrons. The quantitative estimate of drug-likeness (QED) is 0.723. The molecular weight excluding hydrogens is 192 g/mol. The van der Waals surface area contributed by atoms with Crippen LogP contribution in [0.3, 0.4) is 0 Å². The number of hydrogen-bond acceptors (Lipinski definition) is 3. The molecule has 1 aliphatic heterocycles. The average Bonchev–Trinajstić information content (AvgIpc) is 2.20. The van der Waals surface area contributed by atoms with E-state index in [0.29, 0.717) is 6.42 Å². The molecule has 0 spiro atoms. The van der Waals surface area contributed by atoms with E-state index in [-0.39, 0.29) is 17.6 Å². The number of hydrogen-bond donors (Lipinski definition) is 2. The molecule has 1 amide bonds. The maximum atomic E-state index is 11.0. The Hall–Kier alpha value is -1.84. The van der Waals surface area contributed by atoms with Crippen molar-refractivity contribution in [2.45, 2.75) is 13.3 Å². The van der Waals surface area contributed by atoms with E-state index in [1.54, 1.807) is 24.3 Å². The van der Waals surface area contributed by atoms with E-state index in [2.05, 4.69) is 10.5 Å². The Morgan fingerprint density at radius 3 is 2.67 bits per heavy atom. The highest BCUT2D eigenvalue weighted by Gasteiger charge is 2.21. The van der Waals surface area contributed by atoms with E-state index in [9.17, 15) is 4.79 Å². The minimum Gasteiger partial charge on any atom is -0.508 e. The van der Waals surface area contributed by atoms with Crippen molar-refractivity contribution in [2.24, 2.45) is 11.0 Å². The molecule has 2 N–H and O–H groups in total. The zero-order chi connectivity index (χ0) is 10.8. The molecule has 1 aromatic rings. The number of nitrogens with one attached hydrogen (secondary N) is 1. The number of carbonyl (C=O) groups is 1. The lowest BCUT2D eigenvalue weighted by Gasteiger charge is -2.18. The van der Waals surface area contributed by atoms with Gasteiger partial charge in [-0.2, -0.15) is 5.10 Å². The summed E-state index contributed by atoms with van der Waals surface area (Å²) in [5.41, 5.74) is 4.25. The highest BCUT2D eigenvalue weighted by atomic mass is 16.3. The number of benzene rings is 1. The van der Waals surface area contributed by atoms with Crippen molar-refractivity contribution < 1.29 is 9.90 Å². The Kier molecular flexibility index (Phi) is 2.41. The highest BCUT2D eigenvalue weighted by Crippen LogP contribution is 2.18. The van der Waals surface area contributed by atoms with E-state index in [1.165, 1.54) is 0 Å². The third-order valence-corrected chi connectivity index (χ3v) is 2.42. The van der Waals surface area contributed by atoms with Gasteiger partial charge in [0.15, 0.2) is 0 Å². The molecule has 1 aromatic carbocycles. The summed E-state index contributed by atoms with van der Waals surface area (Å²) in [5.74, 6) is 0.292. The number of amides is 1. The predicted octanol–water partition coefficient (Wildman–Crippen LogP) is 1.25. The topological polar surface area (TPSA) is 61.7 Å². The van der Waals surface area contributed by atoms with Gasteiger partial charge in [-0.05, 0) is 29.8 Å². The van der Waals surface area contributed by atoms with E-state index in [4.69, 9.17) is 5.11 Å². The summed E-state index contributed by atoms with van der Waals surface area (Å²) in [4.78, 5) is 11.0. The first-order valence-electron chi connectivity index (χ1n) is 4.82. The van der Waals surface area contributed by atoms with Crippen molar-refractivity contribution in [1.82, 2.24) is 5.43 Å².